The number of hydrogen-bond donors (Lipinski definition) is 2. The van der Waals surface area contributed by atoms with Crippen LogP contribution in [0.2, 0.25) is 0 Å². The first-order chi connectivity index (χ1) is 4.88. The van der Waals surface area contributed by atoms with Crippen molar-refractivity contribution in [3.63, 3.8) is 0 Å². The second-order valence-corrected chi connectivity index (χ2v) is 2.40. The molecule has 2 heterocycles. The summed E-state index contributed by atoms with van der Waals surface area (Å²) in [7, 11) is 0. The summed E-state index contributed by atoms with van der Waals surface area (Å²) in [5.74, 6) is 0.958. The van der Waals surface area contributed by atoms with Crippen molar-refractivity contribution in [3.05, 3.63) is 17.8 Å². The molecule has 0 unspecified atom stereocenters. The second-order valence-electron chi connectivity index (χ2n) is 2.40. The van der Waals surface area contributed by atoms with Crippen LogP contribution in [0, 0.1) is 0 Å². The Kier molecular flexibility index (Phi) is 1.03. The van der Waals surface area contributed by atoms with Crippen molar-refractivity contribution in [1.29, 1.82) is 0 Å². The van der Waals surface area contributed by atoms with Gasteiger partial charge in [-0.2, -0.15) is 0 Å². The van der Waals surface area contributed by atoms with Gasteiger partial charge >= 0.3 is 0 Å². The van der Waals surface area contributed by atoms with Gasteiger partial charge in [-0.25, -0.2) is 4.98 Å². The van der Waals surface area contributed by atoms with Crippen molar-refractivity contribution in [1.82, 2.24) is 4.98 Å². The summed E-state index contributed by atoms with van der Waals surface area (Å²) in [6.45, 7) is 0.969. The first-order valence-corrected chi connectivity index (χ1v) is 3.35. The van der Waals surface area contributed by atoms with Crippen LogP contribution in [0.3, 0.4) is 0 Å². The highest BCUT2D eigenvalue weighted by atomic mass is 15.0. The van der Waals surface area contributed by atoms with Crippen LogP contribution in [0.25, 0.3) is 0 Å². The number of fused-ring (bicyclic) bond motifs is 1. The van der Waals surface area contributed by atoms with Crippen molar-refractivity contribution in [2.45, 2.75) is 6.42 Å². The van der Waals surface area contributed by atoms with E-state index in [0.717, 1.165) is 24.5 Å². The number of nitrogens with zero attached hydrogens (tertiary/aromatic N) is 1. The van der Waals surface area contributed by atoms with Crippen LogP contribution in [-0.2, 0) is 6.42 Å². The average Bonchev–Trinajstić information content (AvgIpc) is 2.36. The van der Waals surface area contributed by atoms with Crippen molar-refractivity contribution in [3.8, 4) is 0 Å². The summed E-state index contributed by atoms with van der Waals surface area (Å²) in [6.07, 6.45) is 2.74. The Morgan fingerprint density at radius 3 is 3.30 bits per heavy atom. The fraction of sp³-hybridized carbons (Fsp3) is 0.286. The maximum Gasteiger partial charge on any atom is 0.131 e. The van der Waals surface area contributed by atoms with E-state index in [1.54, 1.807) is 6.20 Å². The van der Waals surface area contributed by atoms with Crippen LogP contribution >= 0.6 is 0 Å². The van der Waals surface area contributed by atoms with Gasteiger partial charge in [0.05, 0.1) is 0 Å². The Balaban J connectivity index is 2.59. The molecule has 0 fully saturated rings. The molecule has 3 heteroatoms. The molecule has 0 spiro atoms. The molecule has 1 aromatic rings. The number of aromatic nitrogens is 1. The van der Waals surface area contributed by atoms with E-state index in [-0.39, 0.29) is 0 Å². The molecular formula is C7H9N3. The molecule has 3 nitrogen and oxygen atoms in total. The van der Waals surface area contributed by atoms with Gasteiger partial charge in [0.25, 0.3) is 0 Å². The van der Waals surface area contributed by atoms with Gasteiger partial charge in [-0.05, 0) is 12.5 Å². The highest BCUT2D eigenvalue weighted by Crippen LogP contribution is 2.23. The molecule has 52 valence electrons. The van der Waals surface area contributed by atoms with E-state index < -0.39 is 0 Å². The number of nitrogens with one attached hydrogen (secondary N) is 1. The molecule has 3 N–H and O–H groups in total. The lowest BCUT2D eigenvalue weighted by Crippen LogP contribution is -1.93. The highest BCUT2D eigenvalue weighted by molar-refractivity contribution is 5.61. The largest absolute Gasteiger partial charge is 0.398 e. The van der Waals surface area contributed by atoms with Gasteiger partial charge in [0, 0.05) is 24.0 Å². The molecule has 0 amide bonds. The molecule has 0 saturated heterocycles. The number of nitrogen functional groups attached to an aromatic ring is 1. The van der Waals surface area contributed by atoms with Gasteiger partial charge in [-0.3, -0.25) is 0 Å². The lowest BCUT2D eigenvalue weighted by atomic mass is 10.2. The summed E-state index contributed by atoms with van der Waals surface area (Å²) >= 11 is 0. The fourth-order valence-corrected chi connectivity index (χ4v) is 1.23. The summed E-state index contributed by atoms with van der Waals surface area (Å²) < 4.78 is 0. The van der Waals surface area contributed by atoms with E-state index >= 15 is 0 Å². The molecule has 10 heavy (non-hydrogen) atoms. The number of rotatable bonds is 0. The summed E-state index contributed by atoms with van der Waals surface area (Å²) in [5.41, 5.74) is 7.72. The Morgan fingerprint density at radius 2 is 2.50 bits per heavy atom. The predicted octanol–water partition coefficient (Wildman–Crippen LogP) is 0.632. The van der Waals surface area contributed by atoms with E-state index in [9.17, 15) is 0 Å². The van der Waals surface area contributed by atoms with Crippen LogP contribution in [-0.4, -0.2) is 11.5 Å². The van der Waals surface area contributed by atoms with E-state index in [1.807, 2.05) is 6.07 Å². The first kappa shape index (κ1) is 5.53. The topological polar surface area (TPSA) is 50.9 Å². The van der Waals surface area contributed by atoms with Crippen LogP contribution in [0.1, 0.15) is 5.56 Å². The van der Waals surface area contributed by atoms with Crippen molar-refractivity contribution in [2.75, 3.05) is 17.6 Å². The Hall–Kier alpha value is -1.25. The monoisotopic (exact) mass is 135 g/mol. The quantitative estimate of drug-likeness (QED) is 0.548. The maximum atomic E-state index is 5.69. The van der Waals surface area contributed by atoms with Crippen LogP contribution in [0.15, 0.2) is 12.3 Å². The van der Waals surface area contributed by atoms with Gasteiger partial charge in [0.1, 0.15) is 5.82 Å². The number of nitrogens with two attached hydrogens (primary N) is 1. The van der Waals surface area contributed by atoms with Crippen molar-refractivity contribution in [2.24, 2.45) is 0 Å². The van der Waals surface area contributed by atoms with Gasteiger partial charge < -0.3 is 11.1 Å². The minimum Gasteiger partial charge on any atom is -0.398 e. The average molecular weight is 135 g/mol. The number of anilines is 2. The highest BCUT2D eigenvalue weighted by Gasteiger charge is 2.12. The minimum absolute atomic E-state index is 0.856. The third kappa shape index (κ3) is 0.635. The summed E-state index contributed by atoms with van der Waals surface area (Å²) in [4.78, 5) is 4.13. The second kappa shape index (κ2) is 1.87. The molecule has 0 atom stereocenters. The van der Waals surface area contributed by atoms with E-state index in [0.29, 0.717) is 0 Å². The van der Waals surface area contributed by atoms with E-state index in [1.165, 1.54) is 5.56 Å². The van der Waals surface area contributed by atoms with Crippen LogP contribution < -0.4 is 11.1 Å². The van der Waals surface area contributed by atoms with Crippen LogP contribution in [0.5, 0.6) is 0 Å². The molecule has 0 aliphatic carbocycles. The van der Waals surface area contributed by atoms with Crippen molar-refractivity contribution < 1.29 is 0 Å². The molecule has 1 aliphatic rings. The maximum absolute atomic E-state index is 5.69. The summed E-state index contributed by atoms with van der Waals surface area (Å²) in [6, 6.07) is 1.84. The zero-order valence-electron chi connectivity index (χ0n) is 5.59. The molecular weight excluding hydrogens is 126 g/mol. The number of hydrogen-bond acceptors (Lipinski definition) is 3. The molecule has 1 aromatic heterocycles. The van der Waals surface area contributed by atoms with Crippen LogP contribution in [0.4, 0.5) is 11.5 Å². The number of pyridine rings is 1. The molecule has 2 rings (SSSR count). The van der Waals surface area contributed by atoms with Gasteiger partial charge in [0.2, 0.25) is 0 Å². The standard InChI is InChI=1S/C7H9N3/c8-6-2-4-10-7-5(6)1-3-9-7/h2,4H,1,3H2,(H3,8,9,10). The van der Waals surface area contributed by atoms with Gasteiger partial charge in [-0.15, -0.1) is 0 Å². The first-order valence-electron chi connectivity index (χ1n) is 3.35. The lowest BCUT2D eigenvalue weighted by Gasteiger charge is -1.99. The van der Waals surface area contributed by atoms with Gasteiger partial charge in [-0.1, -0.05) is 0 Å². The molecule has 0 aromatic carbocycles. The Labute approximate surface area is 59.3 Å². The molecule has 0 saturated carbocycles. The fourth-order valence-electron chi connectivity index (χ4n) is 1.23. The normalized spacial score (nSPS) is 14.4. The lowest BCUT2D eigenvalue weighted by molar-refractivity contribution is 1.11. The molecule has 0 bridgehead atoms. The smallest absolute Gasteiger partial charge is 0.131 e. The van der Waals surface area contributed by atoms with E-state index in [4.69, 9.17) is 5.73 Å². The predicted molar refractivity (Wildman–Crippen MR) is 40.8 cm³/mol. The Bertz CT molecular complexity index is 257. The zero-order chi connectivity index (χ0) is 6.97. The van der Waals surface area contributed by atoms with Gasteiger partial charge in [0.15, 0.2) is 0 Å². The zero-order valence-corrected chi connectivity index (χ0v) is 5.59. The molecule has 0 radical (unpaired) electrons. The minimum atomic E-state index is 0.856. The molecule has 1 aliphatic heterocycles. The SMILES string of the molecule is Nc1ccnc2c1CCN2. The third-order valence-electron chi connectivity index (χ3n) is 1.76. The summed E-state index contributed by atoms with van der Waals surface area (Å²) in [5, 5.41) is 3.15. The third-order valence-corrected chi connectivity index (χ3v) is 1.76. The van der Waals surface area contributed by atoms with E-state index in [2.05, 4.69) is 10.3 Å². The van der Waals surface area contributed by atoms with Crippen molar-refractivity contribution >= 4 is 11.5 Å². The Morgan fingerprint density at radius 1 is 1.60 bits per heavy atom.